The second-order valence-corrected chi connectivity index (χ2v) is 9.63. The van der Waals surface area contributed by atoms with Crippen molar-refractivity contribution < 1.29 is 33.4 Å². The highest BCUT2D eigenvalue weighted by Crippen LogP contribution is 2.39. The number of ether oxygens (including phenoxy) is 3. The van der Waals surface area contributed by atoms with Gasteiger partial charge in [0.05, 0.1) is 32.9 Å². The van der Waals surface area contributed by atoms with Crippen LogP contribution in [0.1, 0.15) is 37.9 Å². The molecule has 3 aromatic rings. The van der Waals surface area contributed by atoms with Crippen LogP contribution in [0.3, 0.4) is 0 Å². The number of benzene rings is 3. The van der Waals surface area contributed by atoms with Gasteiger partial charge in [-0.05, 0) is 53.9 Å². The molecule has 3 aromatic carbocycles. The first-order chi connectivity index (χ1) is 18.3. The van der Waals surface area contributed by atoms with E-state index in [1.54, 1.807) is 61.7 Å². The maximum Gasteiger partial charge on any atom is 0.337 e. The number of ketones is 2. The van der Waals surface area contributed by atoms with Crippen molar-refractivity contribution in [2.45, 2.75) is 12.5 Å². The number of halogens is 1. The van der Waals surface area contributed by atoms with Crippen molar-refractivity contribution in [1.82, 2.24) is 4.90 Å². The van der Waals surface area contributed by atoms with Gasteiger partial charge < -0.3 is 19.1 Å². The van der Waals surface area contributed by atoms with Crippen LogP contribution in [0.5, 0.6) is 11.5 Å². The normalized spacial score (nSPS) is 16.9. The lowest BCUT2D eigenvalue weighted by atomic mass is 9.86. The number of carbonyl (C=O) groups is 4. The summed E-state index contributed by atoms with van der Waals surface area (Å²) in [5.41, 5.74) is 2.09. The third kappa shape index (κ3) is 5.33. The summed E-state index contributed by atoms with van der Waals surface area (Å²) in [6.45, 7) is 0.188. The molecule has 1 aliphatic heterocycles. The van der Waals surface area contributed by atoms with Gasteiger partial charge in [0, 0.05) is 16.6 Å². The molecule has 2 atom stereocenters. The molecule has 1 heterocycles. The summed E-state index contributed by atoms with van der Waals surface area (Å²) in [6, 6.07) is 17.7. The average Bonchev–Trinajstić information content (AvgIpc) is 3.20. The van der Waals surface area contributed by atoms with Gasteiger partial charge in [0.2, 0.25) is 5.78 Å². The Morgan fingerprint density at radius 1 is 0.842 bits per heavy atom. The Morgan fingerprint density at radius 3 is 2.08 bits per heavy atom. The maximum absolute atomic E-state index is 13.6. The predicted molar refractivity (Wildman–Crippen MR) is 142 cm³/mol. The van der Waals surface area contributed by atoms with E-state index >= 15 is 0 Å². The summed E-state index contributed by atoms with van der Waals surface area (Å²) in [5.74, 6) is -2.53. The van der Waals surface area contributed by atoms with E-state index in [-0.39, 0.29) is 6.54 Å². The quantitative estimate of drug-likeness (QED) is 0.160. The van der Waals surface area contributed by atoms with Gasteiger partial charge in [-0.3, -0.25) is 14.4 Å². The Kier molecular flexibility index (Phi) is 8.26. The molecule has 0 spiro atoms. The van der Waals surface area contributed by atoms with Gasteiger partial charge in [-0.25, -0.2) is 4.79 Å². The fraction of sp³-hybridized carbons (Fsp3) is 0.241. The zero-order chi connectivity index (χ0) is 27.4. The number of hydrogen-bond acceptors (Lipinski definition) is 7. The Labute approximate surface area is 228 Å². The first kappa shape index (κ1) is 27.1. The summed E-state index contributed by atoms with van der Waals surface area (Å²) in [6.07, 6.45) is 0.412. The standard InChI is InChI=1S/C29H26BrNO7/c1-36-22-13-4-17(16-23(22)37-2)14-15-31-25(18-5-7-20(8-6-18)29(35)38-3)24(27(33)28(31)34)26(32)19-9-11-21(30)12-10-19/h4-13,16,24-25H,14-15H2,1-3H3. The zero-order valence-electron chi connectivity index (χ0n) is 21.1. The molecule has 0 N–H and O–H groups in total. The van der Waals surface area contributed by atoms with Crippen molar-refractivity contribution in [3.8, 4) is 11.5 Å². The molecule has 4 rings (SSSR count). The summed E-state index contributed by atoms with van der Waals surface area (Å²) in [4.78, 5) is 53.5. The minimum atomic E-state index is -1.22. The van der Waals surface area contributed by atoms with Crippen LogP contribution in [0.25, 0.3) is 0 Å². The molecule has 0 radical (unpaired) electrons. The molecule has 9 heteroatoms. The highest BCUT2D eigenvalue weighted by Gasteiger charge is 2.51. The first-order valence-corrected chi connectivity index (χ1v) is 12.6. The monoisotopic (exact) mass is 579 g/mol. The van der Waals surface area contributed by atoms with Crippen molar-refractivity contribution in [2.24, 2.45) is 5.92 Å². The first-order valence-electron chi connectivity index (χ1n) is 11.8. The fourth-order valence-corrected chi connectivity index (χ4v) is 4.88. The molecule has 0 aromatic heterocycles. The average molecular weight is 580 g/mol. The lowest BCUT2D eigenvalue weighted by molar-refractivity contribution is -0.140. The van der Waals surface area contributed by atoms with Crippen molar-refractivity contribution in [3.05, 3.63) is 93.5 Å². The van der Waals surface area contributed by atoms with Crippen molar-refractivity contribution in [1.29, 1.82) is 0 Å². The number of methoxy groups -OCH3 is 3. The van der Waals surface area contributed by atoms with Crippen LogP contribution in [0.4, 0.5) is 0 Å². The summed E-state index contributed by atoms with van der Waals surface area (Å²) in [7, 11) is 4.37. The molecule has 196 valence electrons. The van der Waals surface area contributed by atoms with Crippen molar-refractivity contribution in [3.63, 3.8) is 0 Å². The predicted octanol–water partition coefficient (Wildman–Crippen LogP) is 4.45. The summed E-state index contributed by atoms with van der Waals surface area (Å²) in [5, 5.41) is 0. The van der Waals surface area contributed by atoms with E-state index in [0.29, 0.717) is 34.6 Å². The topological polar surface area (TPSA) is 99.2 Å². The Balaban J connectivity index is 1.70. The van der Waals surface area contributed by atoms with E-state index in [1.807, 2.05) is 12.1 Å². The van der Waals surface area contributed by atoms with Gasteiger partial charge in [-0.15, -0.1) is 0 Å². The Bertz CT molecular complexity index is 1370. The SMILES string of the molecule is COC(=O)c1ccc(C2C(C(=O)c3ccc(Br)cc3)C(=O)C(=O)N2CCc2ccc(OC)c(OC)c2)cc1. The van der Waals surface area contributed by atoms with Gasteiger partial charge in [-0.1, -0.05) is 46.3 Å². The maximum atomic E-state index is 13.6. The molecule has 1 fully saturated rings. The minimum absolute atomic E-state index is 0.188. The lowest BCUT2D eigenvalue weighted by Crippen LogP contribution is -2.32. The summed E-state index contributed by atoms with van der Waals surface area (Å²) < 4.78 is 16.2. The molecule has 1 amide bonds. The second kappa shape index (κ2) is 11.6. The highest BCUT2D eigenvalue weighted by molar-refractivity contribution is 9.10. The third-order valence-corrected chi connectivity index (χ3v) is 7.11. The number of esters is 1. The number of nitrogens with zero attached hydrogens (tertiary/aromatic N) is 1. The number of rotatable bonds is 9. The van der Waals surface area contributed by atoms with Crippen molar-refractivity contribution in [2.75, 3.05) is 27.9 Å². The van der Waals surface area contributed by atoms with Gasteiger partial charge >= 0.3 is 5.97 Å². The van der Waals surface area contributed by atoms with Gasteiger partial charge in [0.1, 0.15) is 5.92 Å². The van der Waals surface area contributed by atoms with Crippen LogP contribution in [0, 0.1) is 5.92 Å². The van der Waals surface area contributed by atoms with Crippen LogP contribution in [0.2, 0.25) is 0 Å². The highest BCUT2D eigenvalue weighted by atomic mass is 79.9. The lowest BCUT2D eigenvalue weighted by Gasteiger charge is -2.27. The van der Waals surface area contributed by atoms with E-state index in [0.717, 1.165) is 10.0 Å². The number of amides is 1. The van der Waals surface area contributed by atoms with Crippen LogP contribution in [-0.2, 0) is 20.7 Å². The molecule has 1 saturated heterocycles. The smallest absolute Gasteiger partial charge is 0.337 e. The molecule has 0 aliphatic carbocycles. The second-order valence-electron chi connectivity index (χ2n) is 8.71. The van der Waals surface area contributed by atoms with Gasteiger partial charge in [0.25, 0.3) is 5.91 Å². The van der Waals surface area contributed by atoms with Crippen LogP contribution < -0.4 is 9.47 Å². The fourth-order valence-electron chi connectivity index (χ4n) is 4.61. The molecule has 0 bridgehead atoms. The number of Topliss-reactive ketones (excluding diaryl/α,β-unsaturated/α-hetero) is 2. The van der Waals surface area contributed by atoms with E-state index in [2.05, 4.69) is 15.9 Å². The minimum Gasteiger partial charge on any atom is -0.493 e. The molecular formula is C29H26BrNO7. The molecule has 2 unspecified atom stereocenters. The molecule has 38 heavy (non-hydrogen) atoms. The van der Waals surface area contributed by atoms with Gasteiger partial charge in [0.15, 0.2) is 17.3 Å². The number of hydrogen-bond donors (Lipinski definition) is 0. The van der Waals surface area contributed by atoms with E-state index in [9.17, 15) is 19.2 Å². The number of likely N-dealkylation sites (tertiary alicyclic amines) is 1. The Hall–Kier alpha value is -3.98. The number of carbonyl (C=O) groups excluding carboxylic acids is 4. The molecule has 8 nitrogen and oxygen atoms in total. The molecule has 1 aliphatic rings. The van der Waals surface area contributed by atoms with Crippen LogP contribution >= 0.6 is 15.9 Å². The van der Waals surface area contributed by atoms with Crippen molar-refractivity contribution >= 4 is 39.4 Å². The Morgan fingerprint density at radius 2 is 1.47 bits per heavy atom. The molecular weight excluding hydrogens is 554 g/mol. The third-order valence-electron chi connectivity index (χ3n) is 6.58. The van der Waals surface area contributed by atoms with Gasteiger partial charge in [-0.2, -0.15) is 0 Å². The van der Waals surface area contributed by atoms with E-state index in [1.165, 1.54) is 19.1 Å². The summed E-state index contributed by atoms with van der Waals surface area (Å²) >= 11 is 3.35. The van der Waals surface area contributed by atoms with E-state index < -0.39 is 35.4 Å². The van der Waals surface area contributed by atoms with Crippen LogP contribution in [-0.4, -0.2) is 56.2 Å². The molecule has 0 saturated carbocycles. The largest absolute Gasteiger partial charge is 0.493 e. The van der Waals surface area contributed by atoms with E-state index in [4.69, 9.17) is 14.2 Å². The van der Waals surface area contributed by atoms with Crippen LogP contribution in [0.15, 0.2) is 71.2 Å². The zero-order valence-corrected chi connectivity index (χ0v) is 22.7.